The van der Waals surface area contributed by atoms with Gasteiger partial charge in [-0.3, -0.25) is 4.79 Å². The van der Waals surface area contributed by atoms with E-state index in [-0.39, 0.29) is 0 Å². The fourth-order valence-corrected chi connectivity index (χ4v) is 3.12. The van der Waals surface area contributed by atoms with Crippen LogP contribution in [0, 0.1) is 0 Å². The van der Waals surface area contributed by atoms with Gasteiger partial charge in [0.25, 0.3) is 11.2 Å². The number of allylic oxidation sites excluding steroid dienone is 2. The van der Waals surface area contributed by atoms with Crippen LogP contribution in [-0.2, 0) is 0 Å². The molecular formula is C23H37ClO3. The molecule has 154 valence electrons. The fourth-order valence-electron chi connectivity index (χ4n) is 3.02. The lowest BCUT2D eigenvalue weighted by Gasteiger charge is -2.02. The average Bonchev–Trinajstić information content (AvgIpc) is 3.13. The number of furan rings is 1. The van der Waals surface area contributed by atoms with Crippen molar-refractivity contribution in [1.82, 2.24) is 0 Å². The maximum absolute atomic E-state index is 10.9. The van der Waals surface area contributed by atoms with E-state index in [2.05, 4.69) is 19.1 Å². The van der Waals surface area contributed by atoms with Crippen LogP contribution in [0.15, 0.2) is 28.9 Å². The highest BCUT2D eigenvalue weighted by Gasteiger charge is 2.07. The van der Waals surface area contributed by atoms with Crippen LogP contribution in [0.1, 0.15) is 107 Å². The predicted molar refractivity (Wildman–Crippen MR) is 114 cm³/mol. The fraction of sp³-hybridized carbons (Fsp3) is 0.696. The van der Waals surface area contributed by atoms with Gasteiger partial charge in [0.05, 0.1) is 12.2 Å². The Morgan fingerprint density at radius 2 is 1.48 bits per heavy atom. The summed E-state index contributed by atoms with van der Waals surface area (Å²) in [6.45, 7) is 2.88. The molecule has 1 aromatic heterocycles. The van der Waals surface area contributed by atoms with Gasteiger partial charge in [0.15, 0.2) is 0 Å². The SMILES string of the molecule is CCCCCCCCC=CCCCCCCCCOc1cc(C(=O)Cl)co1. The topological polar surface area (TPSA) is 39.4 Å². The Morgan fingerprint density at radius 3 is 2.04 bits per heavy atom. The molecule has 1 aromatic rings. The lowest BCUT2D eigenvalue weighted by atomic mass is 10.1. The summed E-state index contributed by atoms with van der Waals surface area (Å²) in [5, 5.41) is -0.522. The highest BCUT2D eigenvalue weighted by Crippen LogP contribution is 2.18. The van der Waals surface area contributed by atoms with Crippen LogP contribution >= 0.6 is 11.6 Å². The minimum absolute atomic E-state index is 0.340. The van der Waals surface area contributed by atoms with E-state index >= 15 is 0 Å². The molecule has 27 heavy (non-hydrogen) atoms. The van der Waals surface area contributed by atoms with Crippen LogP contribution in [0.2, 0.25) is 0 Å². The molecule has 0 aromatic carbocycles. The van der Waals surface area contributed by atoms with Gasteiger partial charge >= 0.3 is 0 Å². The van der Waals surface area contributed by atoms with Crippen LogP contribution in [-0.4, -0.2) is 11.8 Å². The highest BCUT2D eigenvalue weighted by molar-refractivity contribution is 6.67. The van der Waals surface area contributed by atoms with Crippen LogP contribution in [0.3, 0.4) is 0 Å². The third-order valence-corrected chi connectivity index (χ3v) is 4.92. The van der Waals surface area contributed by atoms with E-state index in [1.807, 2.05) is 0 Å². The van der Waals surface area contributed by atoms with Crippen molar-refractivity contribution in [2.75, 3.05) is 6.61 Å². The van der Waals surface area contributed by atoms with Crippen molar-refractivity contribution in [3.63, 3.8) is 0 Å². The largest absolute Gasteiger partial charge is 0.465 e. The molecule has 0 aliphatic carbocycles. The van der Waals surface area contributed by atoms with Gasteiger partial charge in [-0.2, -0.15) is 0 Å². The lowest BCUT2D eigenvalue weighted by molar-refractivity contribution is 0.108. The molecule has 1 rings (SSSR count). The van der Waals surface area contributed by atoms with Gasteiger partial charge in [-0.15, -0.1) is 0 Å². The zero-order valence-corrected chi connectivity index (χ0v) is 17.8. The van der Waals surface area contributed by atoms with E-state index in [1.165, 1.54) is 89.4 Å². The van der Waals surface area contributed by atoms with E-state index in [0.717, 1.165) is 12.8 Å². The zero-order valence-electron chi connectivity index (χ0n) is 17.0. The Morgan fingerprint density at radius 1 is 0.926 bits per heavy atom. The monoisotopic (exact) mass is 396 g/mol. The summed E-state index contributed by atoms with van der Waals surface area (Å²) in [7, 11) is 0. The van der Waals surface area contributed by atoms with Gasteiger partial charge in [0, 0.05) is 6.07 Å². The zero-order chi connectivity index (χ0) is 19.6. The van der Waals surface area contributed by atoms with E-state index in [9.17, 15) is 4.79 Å². The standard InChI is InChI=1S/C23H37ClO3/c1-2-3-4-5-6-7-8-9-10-11-12-13-14-15-16-17-18-26-22-19-21(20-27-22)23(24)25/h9-10,19-20H,2-8,11-18H2,1H3. The van der Waals surface area contributed by atoms with Gasteiger partial charge in [-0.05, 0) is 43.7 Å². The lowest BCUT2D eigenvalue weighted by Crippen LogP contribution is -1.96. The molecule has 0 radical (unpaired) electrons. The van der Waals surface area contributed by atoms with Crippen molar-refractivity contribution >= 4 is 16.8 Å². The van der Waals surface area contributed by atoms with Crippen molar-refractivity contribution in [2.45, 2.75) is 96.8 Å². The number of rotatable bonds is 18. The number of hydrogen-bond donors (Lipinski definition) is 0. The molecule has 0 N–H and O–H groups in total. The average molecular weight is 397 g/mol. The molecular weight excluding hydrogens is 360 g/mol. The van der Waals surface area contributed by atoms with Crippen molar-refractivity contribution in [3.8, 4) is 5.95 Å². The Kier molecular flexibility index (Phi) is 14.9. The Labute approximate surface area is 170 Å². The quantitative estimate of drug-likeness (QED) is 0.143. The van der Waals surface area contributed by atoms with Crippen molar-refractivity contribution < 1.29 is 13.9 Å². The van der Waals surface area contributed by atoms with E-state index in [1.54, 1.807) is 0 Å². The molecule has 4 heteroatoms. The first kappa shape index (κ1) is 23.8. The third kappa shape index (κ3) is 13.6. The number of carbonyl (C=O) groups excluding carboxylic acids is 1. The van der Waals surface area contributed by atoms with Gasteiger partial charge in [-0.25, -0.2) is 0 Å². The molecule has 0 amide bonds. The minimum atomic E-state index is -0.522. The summed E-state index contributed by atoms with van der Waals surface area (Å²) in [5.41, 5.74) is 0.340. The molecule has 0 spiro atoms. The maximum Gasteiger partial charge on any atom is 0.284 e. The third-order valence-electron chi connectivity index (χ3n) is 4.70. The van der Waals surface area contributed by atoms with Gasteiger partial charge < -0.3 is 9.15 Å². The number of halogens is 1. The predicted octanol–water partition coefficient (Wildman–Crippen LogP) is 8.07. The highest BCUT2D eigenvalue weighted by atomic mass is 35.5. The normalized spacial score (nSPS) is 11.3. The summed E-state index contributed by atoms with van der Waals surface area (Å²) in [6, 6.07) is 1.54. The molecule has 0 unspecified atom stereocenters. The molecule has 0 aliphatic rings. The van der Waals surface area contributed by atoms with Crippen LogP contribution in [0.5, 0.6) is 5.95 Å². The van der Waals surface area contributed by atoms with Crippen LogP contribution < -0.4 is 4.74 Å². The van der Waals surface area contributed by atoms with Gasteiger partial charge in [0.2, 0.25) is 0 Å². The van der Waals surface area contributed by atoms with Crippen LogP contribution in [0.25, 0.3) is 0 Å². The number of unbranched alkanes of at least 4 members (excludes halogenated alkanes) is 12. The van der Waals surface area contributed by atoms with Gasteiger partial charge in [-0.1, -0.05) is 76.9 Å². The second-order valence-electron chi connectivity index (χ2n) is 7.21. The molecule has 0 bridgehead atoms. The van der Waals surface area contributed by atoms with Crippen molar-refractivity contribution in [3.05, 3.63) is 30.0 Å². The number of carbonyl (C=O) groups is 1. The number of ether oxygens (including phenoxy) is 1. The molecule has 1 heterocycles. The first-order valence-corrected chi connectivity index (χ1v) is 11.2. The van der Waals surface area contributed by atoms with Gasteiger partial charge in [0.1, 0.15) is 6.26 Å². The second kappa shape index (κ2) is 16.9. The van der Waals surface area contributed by atoms with E-state index < -0.39 is 5.24 Å². The summed E-state index contributed by atoms with van der Waals surface area (Å²) in [6.07, 6.45) is 24.1. The Balaban J connectivity index is 1.81. The summed E-state index contributed by atoms with van der Waals surface area (Å²) < 4.78 is 10.6. The summed E-state index contributed by atoms with van der Waals surface area (Å²) in [4.78, 5) is 10.9. The number of hydrogen-bond acceptors (Lipinski definition) is 3. The van der Waals surface area contributed by atoms with E-state index in [4.69, 9.17) is 20.8 Å². The molecule has 0 fully saturated rings. The van der Waals surface area contributed by atoms with Crippen LogP contribution in [0.4, 0.5) is 0 Å². The first-order valence-electron chi connectivity index (χ1n) is 10.8. The van der Waals surface area contributed by atoms with Crippen molar-refractivity contribution in [2.24, 2.45) is 0 Å². The molecule has 0 saturated heterocycles. The van der Waals surface area contributed by atoms with Crippen molar-refractivity contribution in [1.29, 1.82) is 0 Å². The smallest absolute Gasteiger partial charge is 0.284 e. The molecule has 0 aliphatic heterocycles. The first-order chi connectivity index (χ1) is 13.2. The van der Waals surface area contributed by atoms with E-state index in [0.29, 0.717) is 18.1 Å². The maximum atomic E-state index is 10.9. The summed E-state index contributed by atoms with van der Waals surface area (Å²) >= 11 is 5.37. The summed E-state index contributed by atoms with van der Waals surface area (Å²) in [5.74, 6) is 0.367. The molecule has 3 nitrogen and oxygen atoms in total. The molecule has 0 atom stereocenters. The second-order valence-corrected chi connectivity index (χ2v) is 7.56. The minimum Gasteiger partial charge on any atom is -0.465 e. The Hall–Kier alpha value is -1.22. The Bertz CT molecular complexity index is 507. The molecule has 0 saturated carbocycles.